The summed E-state index contributed by atoms with van der Waals surface area (Å²) in [5.74, 6) is -0.0894. The predicted octanol–water partition coefficient (Wildman–Crippen LogP) is 4.52. The summed E-state index contributed by atoms with van der Waals surface area (Å²) >= 11 is 12.1. The summed E-state index contributed by atoms with van der Waals surface area (Å²) in [4.78, 5) is 14.8. The molecule has 3 rings (SSSR count). The Bertz CT molecular complexity index is 913. The Balaban J connectivity index is 1.93. The molecule has 1 aromatic carbocycles. The number of pyridine rings is 1. The van der Waals surface area contributed by atoms with Crippen molar-refractivity contribution in [3.63, 3.8) is 0 Å². The highest BCUT2D eigenvalue weighted by atomic mass is 35.5. The first-order valence-electron chi connectivity index (χ1n) is 7.96. The molecule has 6 nitrogen and oxygen atoms in total. The topological polar surface area (TPSA) is 80.0 Å². The Kier molecular flexibility index (Phi) is 5.75. The van der Waals surface area contributed by atoms with Crippen LogP contribution >= 0.6 is 23.2 Å². The first-order chi connectivity index (χ1) is 12.5. The van der Waals surface area contributed by atoms with Gasteiger partial charge in [-0.2, -0.15) is 5.10 Å². The maximum absolute atomic E-state index is 10.7. The normalized spacial score (nSPS) is 10.7. The molecule has 0 amide bonds. The second-order valence-electron chi connectivity index (χ2n) is 5.59. The lowest BCUT2D eigenvalue weighted by molar-refractivity contribution is -0.137. The van der Waals surface area contributed by atoms with Gasteiger partial charge in [0.2, 0.25) is 0 Å². The van der Waals surface area contributed by atoms with E-state index in [0.29, 0.717) is 23.0 Å². The van der Waals surface area contributed by atoms with Gasteiger partial charge in [-0.1, -0.05) is 23.2 Å². The molecular formula is C18H16Cl2N4O2. The Labute approximate surface area is 160 Å². The van der Waals surface area contributed by atoms with E-state index < -0.39 is 5.97 Å². The Morgan fingerprint density at radius 2 is 2.04 bits per heavy atom. The van der Waals surface area contributed by atoms with Gasteiger partial charge in [0.25, 0.3) is 0 Å². The number of aliphatic carboxylic acids is 1. The fraction of sp³-hybridized carbons (Fsp3) is 0.167. The summed E-state index contributed by atoms with van der Waals surface area (Å²) in [5.41, 5.74) is 2.36. The lowest BCUT2D eigenvalue weighted by atomic mass is 10.2. The minimum absolute atomic E-state index is 0.101. The highest BCUT2D eigenvalue weighted by Gasteiger charge is 2.12. The minimum Gasteiger partial charge on any atom is -0.481 e. The van der Waals surface area contributed by atoms with Crippen LogP contribution in [-0.4, -0.2) is 32.4 Å². The number of rotatable bonds is 7. The van der Waals surface area contributed by atoms with E-state index in [2.05, 4.69) is 15.4 Å². The van der Waals surface area contributed by atoms with Crippen molar-refractivity contribution in [3.8, 4) is 16.9 Å². The smallest absolute Gasteiger partial charge is 0.303 e. The number of hydrogen-bond acceptors (Lipinski definition) is 4. The summed E-state index contributed by atoms with van der Waals surface area (Å²) < 4.78 is 1.71. The van der Waals surface area contributed by atoms with Crippen molar-refractivity contribution in [1.29, 1.82) is 0 Å². The van der Waals surface area contributed by atoms with Gasteiger partial charge in [-0.3, -0.25) is 9.78 Å². The van der Waals surface area contributed by atoms with E-state index in [4.69, 9.17) is 28.3 Å². The molecular weight excluding hydrogens is 375 g/mol. The van der Waals surface area contributed by atoms with Crippen molar-refractivity contribution < 1.29 is 9.90 Å². The van der Waals surface area contributed by atoms with Crippen LogP contribution in [0.4, 0.5) is 5.82 Å². The summed E-state index contributed by atoms with van der Waals surface area (Å²) in [5, 5.41) is 17.5. The zero-order valence-corrected chi connectivity index (χ0v) is 15.2. The maximum Gasteiger partial charge on any atom is 0.303 e. The monoisotopic (exact) mass is 390 g/mol. The van der Waals surface area contributed by atoms with Crippen LogP contribution in [0.3, 0.4) is 0 Å². The van der Waals surface area contributed by atoms with Gasteiger partial charge in [0.1, 0.15) is 5.82 Å². The van der Waals surface area contributed by atoms with Gasteiger partial charge in [0, 0.05) is 37.0 Å². The fourth-order valence-electron chi connectivity index (χ4n) is 2.43. The number of nitrogens with zero attached hydrogens (tertiary/aromatic N) is 3. The summed E-state index contributed by atoms with van der Waals surface area (Å²) in [6, 6.07) is 10.9. The van der Waals surface area contributed by atoms with Gasteiger partial charge in [0.15, 0.2) is 0 Å². The number of halogens is 2. The van der Waals surface area contributed by atoms with Crippen LogP contribution in [0, 0.1) is 0 Å². The first kappa shape index (κ1) is 18.2. The van der Waals surface area contributed by atoms with E-state index >= 15 is 0 Å². The number of aromatic nitrogens is 3. The van der Waals surface area contributed by atoms with E-state index in [-0.39, 0.29) is 6.42 Å². The van der Waals surface area contributed by atoms with Crippen LogP contribution in [-0.2, 0) is 4.79 Å². The third-order valence-corrected chi connectivity index (χ3v) is 4.43. The molecule has 2 heterocycles. The van der Waals surface area contributed by atoms with Crippen molar-refractivity contribution in [2.75, 3.05) is 11.9 Å². The van der Waals surface area contributed by atoms with Gasteiger partial charge in [-0.05, 0) is 36.8 Å². The molecule has 26 heavy (non-hydrogen) atoms. The van der Waals surface area contributed by atoms with Crippen molar-refractivity contribution in [1.82, 2.24) is 14.8 Å². The van der Waals surface area contributed by atoms with E-state index in [9.17, 15) is 4.79 Å². The molecule has 134 valence electrons. The van der Waals surface area contributed by atoms with E-state index in [1.54, 1.807) is 29.2 Å². The molecule has 8 heteroatoms. The molecule has 0 aliphatic carbocycles. The summed E-state index contributed by atoms with van der Waals surface area (Å²) in [7, 11) is 0. The highest BCUT2D eigenvalue weighted by molar-refractivity contribution is 6.42. The molecule has 0 aliphatic heterocycles. The molecule has 2 N–H and O–H groups in total. The van der Waals surface area contributed by atoms with E-state index in [0.717, 1.165) is 22.8 Å². The Morgan fingerprint density at radius 1 is 1.19 bits per heavy atom. The molecule has 2 aromatic heterocycles. The van der Waals surface area contributed by atoms with Gasteiger partial charge < -0.3 is 10.4 Å². The number of benzene rings is 1. The van der Waals surface area contributed by atoms with Crippen LogP contribution in [0.1, 0.15) is 12.8 Å². The first-order valence-corrected chi connectivity index (χ1v) is 8.72. The number of nitrogens with one attached hydrogen (secondary N) is 1. The molecule has 0 saturated heterocycles. The Hall–Kier alpha value is -2.57. The molecule has 0 fully saturated rings. The summed E-state index contributed by atoms with van der Waals surface area (Å²) in [6.45, 7) is 0.506. The zero-order valence-electron chi connectivity index (χ0n) is 13.7. The van der Waals surface area contributed by atoms with E-state index in [1.807, 2.05) is 24.3 Å². The summed E-state index contributed by atoms with van der Waals surface area (Å²) in [6.07, 6.45) is 4.04. The van der Waals surface area contributed by atoms with Gasteiger partial charge in [0.05, 0.1) is 21.4 Å². The molecule has 0 radical (unpaired) electrons. The molecule has 0 spiro atoms. The van der Waals surface area contributed by atoms with Crippen molar-refractivity contribution in [2.24, 2.45) is 0 Å². The average Bonchev–Trinajstić information content (AvgIpc) is 3.06. The maximum atomic E-state index is 10.7. The molecule has 0 atom stereocenters. The van der Waals surface area contributed by atoms with Gasteiger partial charge >= 0.3 is 5.97 Å². The van der Waals surface area contributed by atoms with Crippen LogP contribution < -0.4 is 5.32 Å². The van der Waals surface area contributed by atoms with Crippen LogP contribution in [0.5, 0.6) is 0 Å². The quantitative estimate of drug-likeness (QED) is 0.579. The largest absolute Gasteiger partial charge is 0.481 e. The van der Waals surface area contributed by atoms with Gasteiger partial charge in [-0.15, -0.1) is 0 Å². The lowest BCUT2D eigenvalue weighted by Gasteiger charge is -2.10. The van der Waals surface area contributed by atoms with Crippen molar-refractivity contribution in [3.05, 3.63) is 58.8 Å². The number of carboxylic acids is 1. The number of carboxylic acid groups (broad SMARTS) is 1. The third kappa shape index (κ3) is 4.33. The SMILES string of the molecule is O=C(O)CCCNc1cc(-c2cccnc2)nn1-c1ccc(Cl)c(Cl)c1. The number of carbonyl (C=O) groups is 1. The molecule has 0 unspecified atom stereocenters. The van der Waals surface area contributed by atoms with Crippen LogP contribution in [0.25, 0.3) is 16.9 Å². The van der Waals surface area contributed by atoms with Crippen molar-refractivity contribution in [2.45, 2.75) is 12.8 Å². The Morgan fingerprint density at radius 3 is 2.73 bits per heavy atom. The third-order valence-electron chi connectivity index (χ3n) is 3.69. The molecule has 3 aromatic rings. The second kappa shape index (κ2) is 8.21. The highest BCUT2D eigenvalue weighted by Crippen LogP contribution is 2.28. The van der Waals surface area contributed by atoms with Crippen LogP contribution in [0.15, 0.2) is 48.8 Å². The second-order valence-corrected chi connectivity index (χ2v) is 6.41. The lowest BCUT2D eigenvalue weighted by Crippen LogP contribution is -2.09. The van der Waals surface area contributed by atoms with Crippen molar-refractivity contribution >= 4 is 35.0 Å². The molecule has 0 aliphatic rings. The van der Waals surface area contributed by atoms with E-state index in [1.165, 1.54) is 0 Å². The standard InChI is InChI=1S/C18H16Cl2N4O2/c19-14-6-5-13(9-15(14)20)24-17(22-8-2-4-18(25)26)10-16(23-24)12-3-1-7-21-11-12/h1,3,5-7,9-11,22H,2,4,8H2,(H,25,26). The molecule has 0 bridgehead atoms. The number of hydrogen-bond donors (Lipinski definition) is 2. The average molecular weight is 391 g/mol. The minimum atomic E-state index is -0.819. The zero-order chi connectivity index (χ0) is 18.5. The number of anilines is 1. The fourth-order valence-corrected chi connectivity index (χ4v) is 2.72. The van der Waals surface area contributed by atoms with Crippen LogP contribution in [0.2, 0.25) is 10.0 Å². The predicted molar refractivity (Wildman–Crippen MR) is 102 cm³/mol. The molecule has 0 saturated carbocycles. The van der Waals surface area contributed by atoms with Gasteiger partial charge in [-0.25, -0.2) is 4.68 Å².